The summed E-state index contributed by atoms with van der Waals surface area (Å²) in [4.78, 5) is 2.30. The summed E-state index contributed by atoms with van der Waals surface area (Å²) in [7, 11) is 0. The normalized spacial score (nSPS) is 22.6. The van der Waals surface area contributed by atoms with Crippen LogP contribution < -0.4 is 5.73 Å². The Kier molecular flexibility index (Phi) is 4.38. The van der Waals surface area contributed by atoms with Gasteiger partial charge in [-0.3, -0.25) is 4.90 Å². The molecule has 1 aliphatic heterocycles. The van der Waals surface area contributed by atoms with Gasteiger partial charge < -0.3 is 5.73 Å². The minimum absolute atomic E-state index is 0.0301. The smallest absolute Gasteiger partial charge is 0.126 e. The molecule has 1 heterocycles. The standard InChI is InChI=1S/C17H18BrFN2/c18-13-6-7-16(19)14(8-13)15-10-21(11-17(15)20)9-12-4-2-1-3-5-12/h1-8,15,17H,9-11,20H2. The lowest BCUT2D eigenvalue weighted by Crippen LogP contribution is -2.29. The van der Waals surface area contributed by atoms with E-state index in [0.29, 0.717) is 5.56 Å². The maximum Gasteiger partial charge on any atom is 0.126 e. The highest BCUT2D eigenvalue weighted by Gasteiger charge is 2.32. The van der Waals surface area contributed by atoms with Crippen LogP contribution in [0, 0.1) is 5.82 Å². The lowest BCUT2D eigenvalue weighted by molar-refractivity contribution is 0.323. The Morgan fingerprint density at radius 2 is 1.90 bits per heavy atom. The topological polar surface area (TPSA) is 29.3 Å². The van der Waals surface area contributed by atoms with Gasteiger partial charge in [0.1, 0.15) is 5.82 Å². The predicted molar refractivity (Wildman–Crippen MR) is 86.5 cm³/mol. The van der Waals surface area contributed by atoms with Crippen LogP contribution in [0.5, 0.6) is 0 Å². The zero-order valence-corrected chi connectivity index (χ0v) is 13.3. The maximum absolute atomic E-state index is 14.1. The van der Waals surface area contributed by atoms with E-state index in [1.54, 1.807) is 6.07 Å². The quantitative estimate of drug-likeness (QED) is 0.919. The maximum atomic E-state index is 14.1. The highest BCUT2D eigenvalue weighted by atomic mass is 79.9. The second kappa shape index (κ2) is 6.26. The van der Waals surface area contributed by atoms with Crippen molar-refractivity contribution in [3.8, 4) is 0 Å². The van der Waals surface area contributed by atoms with E-state index >= 15 is 0 Å². The number of hydrogen-bond acceptors (Lipinski definition) is 2. The van der Waals surface area contributed by atoms with Gasteiger partial charge in [-0.05, 0) is 29.3 Å². The highest BCUT2D eigenvalue weighted by molar-refractivity contribution is 9.10. The molecule has 2 unspecified atom stereocenters. The van der Waals surface area contributed by atoms with E-state index in [0.717, 1.165) is 24.1 Å². The van der Waals surface area contributed by atoms with E-state index < -0.39 is 0 Å². The molecule has 1 aliphatic rings. The van der Waals surface area contributed by atoms with Crippen LogP contribution in [0.15, 0.2) is 53.0 Å². The third-order valence-corrected chi connectivity index (χ3v) is 4.54. The molecule has 0 aliphatic carbocycles. The highest BCUT2D eigenvalue weighted by Crippen LogP contribution is 2.31. The molecule has 2 N–H and O–H groups in total. The molecule has 2 aromatic rings. The first-order valence-electron chi connectivity index (χ1n) is 7.10. The molecule has 21 heavy (non-hydrogen) atoms. The fourth-order valence-electron chi connectivity index (χ4n) is 3.01. The van der Waals surface area contributed by atoms with Crippen LogP contribution in [-0.2, 0) is 6.54 Å². The summed E-state index contributed by atoms with van der Waals surface area (Å²) in [6.07, 6.45) is 0. The van der Waals surface area contributed by atoms with E-state index in [-0.39, 0.29) is 17.8 Å². The third-order valence-electron chi connectivity index (χ3n) is 4.05. The van der Waals surface area contributed by atoms with Gasteiger partial charge in [-0.2, -0.15) is 0 Å². The molecule has 2 nitrogen and oxygen atoms in total. The summed E-state index contributed by atoms with van der Waals surface area (Å²) in [6, 6.07) is 15.4. The zero-order valence-electron chi connectivity index (χ0n) is 11.7. The molecule has 0 amide bonds. The molecule has 1 fully saturated rings. The summed E-state index contributed by atoms with van der Waals surface area (Å²) in [6.45, 7) is 2.45. The van der Waals surface area contributed by atoms with Crippen LogP contribution >= 0.6 is 15.9 Å². The number of halogens is 2. The SMILES string of the molecule is NC1CN(Cc2ccccc2)CC1c1cc(Br)ccc1F. The van der Waals surface area contributed by atoms with Crippen molar-refractivity contribution >= 4 is 15.9 Å². The van der Waals surface area contributed by atoms with Crippen LogP contribution in [0.1, 0.15) is 17.0 Å². The van der Waals surface area contributed by atoms with Crippen LogP contribution in [0.3, 0.4) is 0 Å². The minimum Gasteiger partial charge on any atom is -0.326 e. The molecule has 0 aromatic heterocycles. The van der Waals surface area contributed by atoms with Crippen molar-refractivity contribution in [3.05, 3.63) is 69.9 Å². The van der Waals surface area contributed by atoms with Gasteiger partial charge in [0.25, 0.3) is 0 Å². The van der Waals surface area contributed by atoms with E-state index in [2.05, 4.69) is 33.0 Å². The van der Waals surface area contributed by atoms with Gasteiger partial charge in [0.2, 0.25) is 0 Å². The summed E-state index contributed by atoms with van der Waals surface area (Å²) in [5, 5.41) is 0. The third kappa shape index (κ3) is 3.34. The summed E-state index contributed by atoms with van der Waals surface area (Å²) in [5.74, 6) is -0.119. The molecule has 0 radical (unpaired) electrons. The number of likely N-dealkylation sites (tertiary alicyclic amines) is 1. The summed E-state index contributed by atoms with van der Waals surface area (Å²) >= 11 is 3.41. The Bertz CT molecular complexity index is 617. The van der Waals surface area contributed by atoms with E-state index in [9.17, 15) is 4.39 Å². The Hall–Kier alpha value is -1.23. The average molecular weight is 349 g/mol. The Balaban J connectivity index is 1.75. The van der Waals surface area contributed by atoms with Crippen LogP contribution in [0.2, 0.25) is 0 Å². The van der Waals surface area contributed by atoms with Gasteiger partial charge in [0, 0.05) is 36.1 Å². The molecule has 2 atom stereocenters. The fraction of sp³-hybridized carbons (Fsp3) is 0.294. The molecule has 3 rings (SSSR count). The number of hydrogen-bond donors (Lipinski definition) is 1. The Morgan fingerprint density at radius 1 is 1.14 bits per heavy atom. The average Bonchev–Trinajstić information content (AvgIpc) is 2.83. The van der Waals surface area contributed by atoms with Crippen molar-refractivity contribution in [2.24, 2.45) is 5.73 Å². The Labute approximate surface area is 132 Å². The largest absolute Gasteiger partial charge is 0.326 e. The Morgan fingerprint density at radius 3 is 2.67 bits per heavy atom. The first-order chi connectivity index (χ1) is 10.1. The fourth-order valence-corrected chi connectivity index (χ4v) is 3.39. The molecule has 4 heteroatoms. The lowest BCUT2D eigenvalue weighted by Gasteiger charge is -2.17. The molecule has 0 bridgehead atoms. The van der Waals surface area contributed by atoms with E-state index in [1.165, 1.54) is 11.6 Å². The van der Waals surface area contributed by atoms with Crippen molar-refractivity contribution in [3.63, 3.8) is 0 Å². The van der Waals surface area contributed by atoms with Gasteiger partial charge in [-0.1, -0.05) is 46.3 Å². The molecular formula is C17H18BrFN2. The molecule has 1 saturated heterocycles. The minimum atomic E-state index is -0.166. The van der Waals surface area contributed by atoms with Crippen molar-refractivity contribution in [2.75, 3.05) is 13.1 Å². The van der Waals surface area contributed by atoms with Gasteiger partial charge in [0.15, 0.2) is 0 Å². The predicted octanol–water partition coefficient (Wildman–Crippen LogP) is 3.51. The van der Waals surface area contributed by atoms with Gasteiger partial charge in [-0.25, -0.2) is 4.39 Å². The van der Waals surface area contributed by atoms with E-state index in [1.807, 2.05) is 24.3 Å². The summed E-state index contributed by atoms with van der Waals surface area (Å²) in [5.41, 5.74) is 8.23. The molecule has 110 valence electrons. The van der Waals surface area contributed by atoms with Crippen molar-refractivity contribution in [2.45, 2.75) is 18.5 Å². The van der Waals surface area contributed by atoms with E-state index in [4.69, 9.17) is 5.73 Å². The second-order valence-electron chi connectivity index (χ2n) is 5.62. The van der Waals surface area contributed by atoms with Crippen LogP contribution in [-0.4, -0.2) is 24.0 Å². The number of rotatable bonds is 3. The zero-order chi connectivity index (χ0) is 14.8. The van der Waals surface area contributed by atoms with Crippen LogP contribution in [0.25, 0.3) is 0 Å². The van der Waals surface area contributed by atoms with Crippen molar-refractivity contribution < 1.29 is 4.39 Å². The van der Waals surface area contributed by atoms with Gasteiger partial charge >= 0.3 is 0 Å². The van der Waals surface area contributed by atoms with Crippen molar-refractivity contribution in [1.29, 1.82) is 0 Å². The number of nitrogens with two attached hydrogens (primary N) is 1. The van der Waals surface area contributed by atoms with Gasteiger partial charge in [0.05, 0.1) is 0 Å². The first-order valence-corrected chi connectivity index (χ1v) is 7.89. The second-order valence-corrected chi connectivity index (χ2v) is 6.53. The first kappa shape index (κ1) is 14.7. The molecule has 0 spiro atoms. The molecule has 2 aromatic carbocycles. The summed E-state index contributed by atoms with van der Waals surface area (Å²) < 4.78 is 14.9. The monoisotopic (exact) mass is 348 g/mol. The number of nitrogens with zero attached hydrogens (tertiary/aromatic N) is 1. The van der Waals surface area contributed by atoms with Crippen molar-refractivity contribution in [1.82, 2.24) is 4.90 Å². The molecule has 0 saturated carbocycles. The lowest BCUT2D eigenvalue weighted by atomic mass is 9.94. The van der Waals surface area contributed by atoms with Crippen LogP contribution in [0.4, 0.5) is 4.39 Å². The molecular weight excluding hydrogens is 331 g/mol. The number of benzene rings is 2. The van der Waals surface area contributed by atoms with Gasteiger partial charge in [-0.15, -0.1) is 0 Å².